The predicted octanol–water partition coefficient (Wildman–Crippen LogP) is 3.97. The van der Waals surface area contributed by atoms with E-state index < -0.39 is 5.63 Å². The van der Waals surface area contributed by atoms with Crippen LogP contribution in [0.25, 0.3) is 21.9 Å². The molecule has 0 spiro atoms. The molecule has 3 rings (SSSR count). The molecule has 0 unspecified atom stereocenters. The average Bonchev–Trinajstić information content (AvgIpc) is 2.45. The zero-order valence-corrected chi connectivity index (χ0v) is 11.8. The van der Waals surface area contributed by atoms with E-state index in [0.29, 0.717) is 16.9 Å². The third kappa shape index (κ3) is 2.27. The number of aryl methyl sites for hydroxylation is 1. The van der Waals surface area contributed by atoms with Crippen LogP contribution in [0, 0.1) is 6.92 Å². The van der Waals surface area contributed by atoms with Crippen molar-refractivity contribution >= 4 is 16.6 Å². The summed E-state index contributed by atoms with van der Waals surface area (Å²) in [5, 5.41) is 2.07. The molecule has 1 heterocycles. The lowest BCUT2D eigenvalue weighted by Gasteiger charge is -2.11. The van der Waals surface area contributed by atoms with Gasteiger partial charge in [0.05, 0.1) is 5.56 Å². The van der Waals surface area contributed by atoms with Crippen LogP contribution in [0.15, 0.2) is 57.7 Å². The molecule has 0 aliphatic heterocycles. The van der Waals surface area contributed by atoms with E-state index in [9.17, 15) is 9.59 Å². The van der Waals surface area contributed by atoms with Crippen LogP contribution in [0.4, 0.5) is 0 Å². The second-order valence-corrected chi connectivity index (χ2v) is 4.99. The molecule has 1 aromatic heterocycles. The molecule has 21 heavy (non-hydrogen) atoms. The molecule has 0 radical (unpaired) electrons. The van der Waals surface area contributed by atoms with Gasteiger partial charge in [0, 0.05) is 11.6 Å². The highest BCUT2D eigenvalue weighted by atomic mass is 16.4. The number of hydrogen-bond acceptors (Lipinski definition) is 3. The van der Waals surface area contributed by atoms with E-state index in [4.69, 9.17) is 4.42 Å². The van der Waals surface area contributed by atoms with Crippen LogP contribution in [0.3, 0.4) is 0 Å². The molecule has 3 aromatic rings. The Bertz CT molecular complexity index is 898. The first kappa shape index (κ1) is 13.3. The zero-order valence-electron chi connectivity index (χ0n) is 11.8. The van der Waals surface area contributed by atoms with Gasteiger partial charge in [0.2, 0.25) is 0 Å². The highest BCUT2D eigenvalue weighted by molar-refractivity contribution is 6.06. The molecule has 0 amide bonds. The van der Waals surface area contributed by atoms with Crippen molar-refractivity contribution in [3.8, 4) is 11.1 Å². The maximum Gasteiger partial charge on any atom is 0.336 e. The molecule has 0 saturated carbocycles. The van der Waals surface area contributed by atoms with Crippen molar-refractivity contribution < 1.29 is 9.21 Å². The average molecular weight is 278 g/mol. The van der Waals surface area contributed by atoms with Crippen LogP contribution in [0.1, 0.15) is 23.0 Å². The largest absolute Gasteiger partial charge is 0.427 e. The third-order valence-electron chi connectivity index (χ3n) is 3.57. The van der Waals surface area contributed by atoms with Crippen LogP contribution in [-0.4, -0.2) is 5.78 Å². The summed E-state index contributed by atoms with van der Waals surface area (Å²) in [4.78, 5) is 23.7. The topological polar surface area (TPSA) is 47.3 Å². The maximum absolute atomic E-state index is 11.9. The van der Waals surface area contributed by atoms with Gasteiger partial charge < -0.3 is 4.42 Å². The quantitative estimate of drug-likeness (QED) is 0.666. The Hall–Kier alpha value is -2.68. The first-order chi connectivity index (χ1) is 10.1. The number of ketones is 1. The van der Waals surface area contributed by atoms with Crippen LogP contribution in [-0.2, 0) is 0 Å². The molecule has 3 nitrogen and oxygen atoms in total. The molecule has 2 aromatic carbocycles. The number of Topliss-reactive ketones (excluding diaryl/α,β-unsaturated/α-hetero) is 1. The molecule has 0 fully saturated rings. The number of carbonyl (C=O) groups excluding carboxylic acids is 1. The Morgan fingerprint density at radius 2 is 1.71 bits per heavy atom. The zero-order chi connectivity index (χ0) is 15.0. The minimum absolute atomic E-state index is 0.112. The fourth-order valence-electron chi connectivity index (χ4n) is 2.72. The summed E-state index contributed by atoms with van der Waals surface area (Å²) in [7, 11) is 0. The van der Waals surface area contributed by atoms with Crippen molar-refractivity contribution in [2.45, 2.75) is 13.8 Å². The van der Waals surface area contributed by atoms with Crippen molar-refractivity contribution in [1.29, 1.82) is 0 Å². The second-order valence-electron chi connectivity index (χ2n) is 4.99. The fourth-order valence-corrected chi connectivity index (χ4v) is 2.72. The van der Waals surface area contributed by atoms with Crippen LogP contribution >= 0.6 is 0 Å². The lowest BCUT2D eigenvalue weighted by Crippen LogP contribution is -2.07. The molecule has 0 aliphatic carbocycles. The van der Waals surface area contributed by atoms with Gasteiger partial charge in [-0.2, -0.15) is 0 Å². The van der Waals surface area contributed by atoms with Gasteiger partial charge in [-0.25, -0.2) is 4.79 Å². The second kappa shape index (κ2) is 5.02. The summed E-state index contributed by atoms with van der Waals surface area (Å²) >= 11 is 0. The predicted molar refractivity (Wildman–Crippen MR) is 82.7 cm³/mol. The van der Waals surface area contributed by atoms with Crippen molar-refractivity contribution in [2.75, 3.05) is 0 Å². The number of fused-ring (bicyclic) bond motifs is 1. The summed E-state index contributed by atoms with van der Waals surface area (Å²) in [6.07, 6.45) is 0. The highest BCUT2D eigenvalue weighted by Crippen LogP contribution is 2.31. The smallest absolute Gasteiger partial charge is 0.336 e. The van der Waals surface area contributed by atoms with Gasteiger partial charge in [0.25, 0.3) is 0 Å². The van der Waals surface area contributed by atoms with Crippen LogP contribution in [0.2, 0.25) is 0 Å². The molecule has 0 atom stereocenters. The molecule has 0 aliphatic rings. The van der Waals surface area contributed by atoms with E-state index in [2.05, 4.69) is 0 Å². The number of hydrogen-bond donors (Lipinski definition) is 0. The molecule has 0 N–H and O–H groups in total. The first-order valence-electron chi connectivity index (χ1n) is 6.72. The van der Waals surface area contributed by atoms with E-state index in [0.717, 1.165) is 16.3 Å². The Kier molecular flexibility index (Phi) is 3.18. The highest BCUT2D eigenvalue weighted by Gasteiger charge is 2.17. The van der Waals surface area contributed by atoms with Crippen molar-refractivity contribution in [1.82, 2.24) is 0 Å². The molecule has 0 saturated heterocycles. The van der Waals surface area contributed by atoms with Gasteiger partial charge in [-0.15, -0.1) is 0 Å². The summed E-state index contributed by atoms with van der Waals surface area (Å²) in [5.74, 6) is 0.247. The number of carbonyl (C=O) groups is 1. The minimum Gasteiger partial charge on any atom is -0.427 e. The maximum atomic E-state index is 11.9. The summed E-state index contributed by atoms with van der Waals surface area (Å²) in [6, 6.07) is 15.1. The van der Waals surface area contributed by atoms with E-state index >= 15 is 0 Å². The summed E-state index contributed by atoms with van der Waals surface area (Å²) < 4.78 is 5.07. The standard InChI is InChI=1S/C18H14O3/c1-11(19)18-12(2)21-17(20)10-16(18)15-9-5-7-13-6-3-4-8-14(13)15/h3-10H,1-2H3. The van der Waals surface area contributed by atoms with Gasteiger partial charge in [0.1, 0.15) is 5.76 Å². The Morgan fingerprint density at radius 3 is 2.48 bits per heavy atom. The SMILES string of the molecule is CC(=O)c1c(-c2cccc3ccccc23)cc(=O)oc1C. The molecular weight excluding hydrogens is 264 g/mol. The van der Waals surface area contributed by atoms with E-state index in [1.807, 2.05) is 42.5 Å². The Balaban J connectivity index is 2.43. The number of benzene rings is 2. The van der Waals surface area contributed by atoms with Crippen LogP contribution < -0.4 is 5.63 Å². The summed E-state index contributed by atoms with van der Waals surface area (Å²) in [6.45, 7) is 3.13. The van der Waals surface area contributed by atoms with E-state index in [-0.39, 0.29) is 5.78 Å². The van der Waals surface area contributed by atoms with Crippen molar-refractivity contribution in [3.63, 3.8) is 0 Å². The van der Waals surface area contributed by atoms with Gasteiger partial charge in [0.15, 0.2) is 5.78 Å². The molecule has 0 bridgehead atoms. The van der Waals surface area contributed by atoms with Gasteiger partial charge in [-0.1, -0.05) is 42.5 Å². The van der Waals surface area contributed by atoms with Gasteiger partial charge in [-0.3, -0.25) is 4.79 Å². The van der Waals surface area contributed by atoms with Gasteiger partial charge in [-0.05, 0) is 30.2 Å². The normalized spacial score (nSPS) is 10.8. The Labute approximate surface area is 121 Å². The van der Waals surface area contributed by atoms with Gasteiger partial charge >= 0.3 is 5.63 Å². The number of rotatable bonds is 2. The minimum atomic E-state index is -0.444. The van der Waals surface area contributed by atoms with Crippen LogP contribution in [0.5, 0.6) is 0 Å². The fraction of sp³-hybridized carbons (Fsp3) is 0.111. The Morgan fingerprint density at radius 1 is 1.00 bits per heavy atom. The first-order valence-corrected chi connectivity index (χ1v) is 6.72. The molecular formula is C18H14O3. The van der Waals surface area contributed by atoms with Crippen molar-refractivity contribution in [2.24, 2.45) is 0 Å². The van der Waals surface area contributed by atoms with Crippen molar-refractivity contribution in [3.05, 3.63) is 70.3 Å². The third-order valence-corrected chi connectivity index (χ3v) is 3.57. The molecule has 3 heteroatoms. The summed E-state index contributed by atoms with van der Waals surface area (Å²) in [5.41, 5.74) is 1.52. The molecule has 104 valence electrons. The monoisotopic (exact) mass is 278 g/mol. The lowest BCUT2D eigenvalue weighted by molar-refractivity contribution is 0.101. The van der Waals surface area contributed by atoms with E-state index in [1.165, 1.54) is 13.0 Å². The van der Waals surface area contributed by atoms with E-state index in [1.54, 1.807) is 6.92 Å². The lowest BCUT2D eigenvalue weighted by atomic mass is 9.93.